The normalized spacial score (nSPS) is 20.1. The van der Waals surface area contributed by atoms with Crippen LogP contribution in [0.5, 0.6) is 0 Å². The summed E-state index contributed by atoms with van der Waals surface area (Å²) >= 11 is 0. The van der Waals surface area contributed by atoms with Crippen LogP contribution in [0.3, 0.4) is 0 Å². The molecule has 1 N–H and O–H groups in total. The van der Waals surface area contributed by atoms with E-state index in [9.17, 15) is 4.79 Å². The quantitative estimate of drug-likeness (QED) is 0.834. The Balaban J connectivity index is 2.08. The van der Waals surface area contributed by atoms with E-state index in [1.54, 1.807) is 4.90 Å². The largest absolute Gasteiger partial charge is 0.347 e. The lowest BCUT2D eigenvalue weighted by Crippen LogP contribution is -2.57. The fraction of sp³-hybridized carbons (Fsp3) is 0.714. The second-order valence-electron chi connectivity index (χ2n) is 5.50. The number of carbonyl (C=O) groups is 1. The summed E-state index contributed by atoms with van der Waals surface area (Å²) in [7, 11) is 3.63. The number of carbonyl (C=O) groups excluding carboxylic acids is 1. The number of aryl methyl sites for hydroxylation is 1. The number of aromatic nitrogens is 2. The first-order chi connectivity index (χ1) is 9.63. The Morgan fingerprint density at radius 2 is 2.35 bits per heavy atom. The fourth-order valence-electron chi connectivity index (χ4n) is 2.61. The highest BCUT2D eigenvalue weighted by Gasteiger charge is 2.30. The highest BCUT2D eigenvalue weighted by Crippen LogP contribution is 2.12. The molecule has 0 aromatic carbocycles. The summed E-state index contributed by atoms with van der Waals surface area (Å²) in [5.41, 5.74) is 1.19. The lowest BCUT2D eigenvalue weighted by atomic mass is 10.1. The third kappa shape index (κ3) is 3.37. The Labute approximate surface area is 120 Å². The van der Waals surface area contributed by atoms with E-state index in [0.717, 1.165) is 39.1 Å². The summed E-state index contributed by atoms with van der Waals surface area (Å²) in [6.45, 7) is 6.46. The van der Waals surface area contributed by atoms with Gasteiger partial charge in [-0.1, -0.05) is 6.92 Å². The van der Waals surface area contributed by atoms with Crippen LogP contribution in [0, 0.1) is 0 Å². The van der Waals surface area contributed by atoms with Crippen molar-refractivity contribution >= 4 is 5.91 Å². The molecule has 2 rings (SSSR count). The Bertz CT molecular complexity index is 443. The van der Waals surface area contributed by atoms with Crippen LogP contribution in [0.25, 0.3) is 0 Å². The third-order valence-electron chi connectivity index (χ3n) is 3.71. The van der Waals surface area contributed by atoms with E-state index in [0.29, 0.717) is 0 Å². The van der Waals surface area contributed by atoms with E-state index in [-0.39, 0.29) is 11.9 Å². The highest BCUT2D eigenvalue weighted by atomic mass is 16.2. The molecule has 112 valence electrons. The molecular weight excluding hydrogens is 254 g/mol. The van der Waals surface area contributed by atoms with Gasteiger partial charge in [-0.2, -0.15) is 0 Å². The van der Waals surface area contributed by atoms with Gasteiger partial charge in [-0.25, -0.2) is 4.98 Å². The second-order valence-corrected chi connectivity index (χ2v) is 5.50. The molecule has 1 aliphatic heterocycles. The fourth-order valence-corrected chi connectivity index (χ4v) is 2.61. The SMILES string of the molecule is CCCn1cncc1CN1CCNCC1C(=O)N(C)C. The molecule has 20 heavy (non-hydrogen) atoms. The minimum atomic E-state index is -0.0799. The average Bonchev–Trinajstić information content (AvgIpc) is 2.86. The minimum Gasteiger partial charge on any atom is -0.347 e. The first-order valence-corrected chi connectivity index (χ1v) is 7.28. The monoisotopic (exact) mass is 279 g/mol. The van der Waals surface area contributed by atoms with Gasteiger partial charge in [0.1, 0.15) is 6.04 Å². The predicted molar refractivity (Wildman–Crippen MR) is 78.3 cm³/mol. The molecule has 6 heteroatoms. The van der Waals surface area contributed by atoms with Crippen LogP contribution in [0.15, 0.2) is 12.5 Å². The molecule has 2 heterocycles. The van der Waals surface area contributed by atoms with Crippen LogP contribution < -0.4 is 5.32 Å². The van der Waals surface area contributed by atoms with Crippen molar-refractivity contribution in [2.24, 2.45) is 0 Å². The molecule has 0 saturated carbocycles. The summed E-state index contributed by atoms with van der Waals surface area (Å²) in [6, 6.07) is -0.0799. The van der Waals surface area contributed by atoms with Crippen molar-refractivity contribution in [3.05, 3.63) is 18.2 Å². The number of hydrogen-bond acceptors (Lipinski definition) is 4. The van der Waals surface area contributed by atoms with Crippen LogP contribution in [0.1, 0.15) is 19.0 Å². The van der Waals surface area contributed by atoms with Gasteiger partial charge < -0.3 is 14.8 Å². The first kappa shape index (κ1) is 15.0. The maximum absolute atomic E-state index is 12.3. The van der Waals surface area contributed by atoms with E-state index < -0.39 is 0 Å². The van der Waals surface area contributed by atoms with Gasteiger partial charge in [0, 0.05) is 53.0 Å². The average molecular weight is 279 g/mol. The van der Waals surface area contributed by atoms with E-state index >= 15 is 0 Å². The molecule has 0 aliphatic carbocycles. The van der Waals surface area contributed by atoms with Crippen LogP contribution in [-0.4, -0.2) is 65.0 Å². The molecule has 0 spiro atoms. The zero-order valence-electron chi connectivity index (χ0n) is 12.7. The summed E-state index contributed by atoms with van der Waals surface area (Å²) < 4.78 is 2.18. The van der Waals surface area contributed by atoms with Crippen molar-refractivity contribution in [3.63, 3.8) is 0 Å². The molecule has 1 unspecified atom stereocenters. The van der Waals surface area contributed by atoms with Crippen molar-refractivity contribution < 1.29 is 4.79 Å². The summed E-state index contributed by atoms with van der Waals surface area (Å²) in [6.07, 6.45) is 4.88. The number of amides is 1. The molecule has 1 fully saturated rings. The molecule has 6 nitrogen and oxygen atoms in total. The van der Waals surface area contributed by atoms with Crippen molar-refractivity contribution in [2.45, 2.75) is 32.5 Å². The molecule has 0 radical (unpaired) electrons. The summed E-state index contributed by atoms with van der Waals surface area (Å²) in [5.74, 6) is 0.166. The van der Waals surface area contributed by atoms with Gasteiger partial charge in [0.2, 0.25) is 5.91 Å². The van der Waals surface area contributed by atoms with Crippen molar-refractivity contribution in [2.75, 3.05) is 33.7 Å². The zero-order chi connectivity index (χ0) is 14.5. The van der Waals surface area contributed by atoms with Crippen LogP contribution in [-0.2, 0) is 17.9 Å². The minimum absolute atomic E-state index is 0.0799. The molecule has 1 aromatic rings. The molecular formula is C14H25N5O. The van der Waals surface area contributed by atoms with Crippen molar-refractivity contribution in [1.29, 1.82) is 0 Å². The van der Waals surface area contributed by atoms with Gasteiger partial charge in [-0.15, -0.1) is 0 Å². The molecule has 1 aliphatic rings. The van der Waals surface area contributed by atoms with Gasteiger partial charge in [0.25, 0.3) is 0 Å². The summed E-state index contributed by atoms with van der Waals surface area (Å²) in [5, 5.41) is 3.31. The van der Waals surface area contributed by atoms with E-state index in [4.69, 9.17) is 0 Å². The molecule has 1 aromatic heterocycles. The maximum Gasteiger partial charge on any atom is 0.240 e. The standard InChI is InChI=1S/C14H25N5O/c1-4-6-19-11-16-8-12(19)10-18-7-5-15-9-13(18)14(20)17(2)3/h8,11,13,15H,4-7,9-10H2,1-3H3. The van der Waals surface area contributed by atoms with Crippen LogP contribution in [0.2, 0.25) is 0 Å². The molecule has 1 atom stereocenters. The first-order valence-electron chi connectivity index (χ1n) is 7.28. The Hall–Kier alpha value is -1.40. The predicted octanol–water partition coefficient (Wildman–Crippen LogP) is 0.155. The molecule has 0 bridgehead atoms. The maximum atomic E-state index is 12.3. The number of likely N-dealkylation sites (N-methyl/N-ethyl adjacent to an activating group) is 1. The van der Waals surface area contributed by atoms with Crippen LogP contribution >= 0.6 is 0 Å². The lowest BCUT2D eigenvalue weighted by molar-refractivity contribution is -0.135. The Morgan fingerprint density at radius 3 is 3.05 bits per heavy atom. The van der Waals surface area contributed by atoms with E-state index in [1.807, 2.05) is 26.6 Å². The highest BCUT2D eigenvalue weighted by molar-refractivity contribution is 5.81. The molecule has 1 amide bonds. The van der Waals surface area contributed by atoms with E-state index in [1.165, 1.54) is 5.69 Å². The van der Waals surface area contributed by atoms with E-state index in [2.05, 4.69) is 26.7 Å². The van der Waals surface area contributed by atoms with Gasteiger partial charge in [0.05, 0.1) is 12.0 Å². The second kappa shape index (κ2) is 6.85. The van der Waals surface area contributed by atoms with Crippen LogP contribution in [0.4, 0.5) is 0 Å². The zero-order valence-corrected chi connectivity index (χ0v) is 12.7. The van der Waals surface area contributed by atoms with Crippen molar-refractivity contribution in [1.82, 2.24) is 24.7 Å². The third-order valence-corrected chi connectivity index (χ3v) is 3.71. The number of nitrogens with zero attached hydrogens (tertiary/aromatic N) is 4. The van der Waals surface area contributed by atoms with Crippen molar-refractivity contribution in [3.8, 4) is 0 Å². The topological polar surface area (TPSA) is 53.4 Å². The van der Waals surface area contributed by atoms with Gasteiger partial charge >= 0.3 is 0 Å². The van der Waals surface area contributed by atoms with Gasteiger partial charge in [-0.3, -0.25) is 9.69 Å². The number of imidazole rings is 1. The smallest absolute Gasteiger partial charge is 0.240 e. The number of piperazine rings is 1. The lowest BCUT2D eigenvalue weighted by Gasteiger charge is -2.36. The number of rotatable bonds is 5. The number of hydrogen-bond donors (Lipinski definition) is 1. The number of nitrogens with one attached hydrogen (secondary N) is 1. The summed E-state index contributed by atoms with van der Waals surface area (Å²) in [4.78, 5) is 20.4. The van der Waals surface area contributed by atoms with Gasteiger partial charge in [0.15, 0.2) is 0 Å². The Morgan fingerprint density at radius 1 is 1.55 bits per heavy atom. The van der Waals surface area contributed by atoms with Gasteiger partial charge in [-0.05, 0) is 6.42 Å². The Kier molecular flexibility index (Phi) is 5.14. The molecule has 1 saturated heterocycles.